The zero-order valence-corrected chi connectivity index (χ0v) is 16.6. The molecule has 3 aromatic heterocycles. The Morgan fingerprint density at radius 1 is 0.875 bits per heavy atom. The lowest BCUT2D eigenvalue weighted by molar-refractivity contribution is 0.102. The molecule has 0 saturated carbocycles. The smallest absolute Gasteiger partial charge is 0.255 e. The molecule has 152 valence electrons. The molecule has 0 bridgehead atoms. The lowest BCUT2D eigenvalue weighted by atomic mass is 10.1. The number of nitrogens with zero attached hydrogens (tertiary/aromatic N) is 5. The van der Waals surface area contributed by atoms with Gasteiger partial charge in [0, 0.05) is 23.5 Å². The Morgan fingerprint density at radius 3 is 2.50 bits per heavy atom. The summed E-state index contributed by atoms with van der Waals surface area (Å²) >= 11 is 0. The van der Waals surface area contributed by atoms with E-state index in [2.05, 4.69) is 31.7 Å². The van der Waals surface area contributed by atoms with E-state index in [9.17, 15) is 4.79 Å². The van der Waals surface area contributed by atoms with E-state index in [-0.39, 0.29) is 11.6 Å². The van der Waals surface area contributed by atoms with Crippen molar-refractivity contribution in [2.75, 3.05) is 10.6 Å². The first-order valence-electron chi connectivity index (χ1n) is 9.52. The van der Waals surface area contributed by atoms with Crippen LogP contribution in [-0.4, -0.2) is 20.9 Å². The molecular weight excluding hydrogens is 402 g/mol. The molecule has 0 aliphatic rings. The number of pyridine rings is 3. The summed E-state index contributed by atoms with van der Waals surface area (Å²) < 4.78 is 0. The molecule has 2 N–H and O–H groups in total. The van der Waals surface area contributed by atoms with Crippen LogP contribution in [0.3, 0.4) is 0 Å². The van der Waals surface area contributed by atoms with Gasteiger partial charge in [0.05, 0.1) is 23.5 Å². The average Bonchev–Trinajstić information content (AvgIpc) is 2.84. The lowest BCUT2D eigenvalue weighted by Crippen LogP contribution is -2.12. The van der Waals surface area contributed by atoms with Crippen LogP contribution in [0.2, 0.25) is 0 Å². The van der Waals surface area contributed by atoms with Gasteiger partial charge in [0.1, 0.15) is 23.4 Å². The van der Waals surface area contributed by atoms with E-state index in [4.69, 9.17) is 10.5 Å². The molecule has 0 saturated heterocycles. The normalized spacial score (nSPS) is 9.94. The van der Waals surface area contributed by atoms with Gasteiger partial charge in [-0.25, -0.2) is 9.97 Å². The second kappa shape index (κ2) is 9.16. The SMILES string of the molecule is N#Cc1ccc(-c2cncc(NC(=O)c3ccnc(Nc4cccc(C#N)n4)c3)c2)cc1. The molecule has 0 unspecified atom stereocenters. The predicted octanol–water partition coefficient (Wildman–Crippen LogP) is 4.28. The molecule has 1 amide bonds. The molecule has 32 heavy (non-hydrogen) atoms. The van der Waals surface area contributed by atoms with Crippen molar-refractivity contribution in [3.8, 4) is 23.3 Å². The molecule has 4 aromatic rings. The Kier molecular flexibility index (Phi) is 5.78. The van der Waals surface area contributed by atoms with Crippen LogP contribution in [0.15, 0.2) is 79.3 Å². The highest BCUT2D eigenvalue weighted by atomic mass is 16.1. The molecule has 8 heteroatoms. The van der Waals surface area contributed by atoms with E-state index in [1.165, 1.54) is 6.20 Å². The van der Waals surface area contributed by atoms with Crippen molar-refractivity contribution in [3.63, 3.8) is 0 Å². The molecule has 0 radical (unpaired) electrons. The summed E-state index contributed by atoms with van der Waals surface area (Å²) in [6, 6.07) is 21.2. The molecule has 8 nitrogen and oxygen atoms in total. The van der Waals surface area contributed by atoms with Gasteiger partial charge in [-0.05, 0) is 48.0 Å². The summed E-state index contributed by atoms with van der Waals surface area (Å²) in [6.45, 7) is 0. The Labute approximate surface area is 183 Å². The van der Waals surface area contributed by atoms with Gasteiger partial charge in [0.2, 0.25) is 0 Å². The van der Waals surface area contributed by atoms with E-state index in [0.717, 1.165) is 11.1 Å². The van der Waals surface area contributed by atoms with Gasteiger partial charge in [0.25, 0.3) is 5.91 Å². The number of carbonyl (C=O) groups is 1. The third-order valence-corrected chi connectivity index (χ3v) is 4.49. The van der Waals surface area contributed by atoms with Gasteiger partial charge < -0.3 is 10.6 Å². The average molecular weight is 417 g/mol. The lowest BCUT2D eigenvalue weighted by Gasteiger charge is -2.09. The van der Waals surface area contributed by atoms with E-state index in [0.29, 0.717) is 28.5 Å². The molecule has 0 spiro atoms. The fourth-order valence-electron chi connectivity index (χ4n) is 2.94. The molecule has 3 heterocycles. The quantitative estimate of drug-likeness (QED) is 0.496. The minimum Gasteiger partial charge on any atom is -0.325 e. The highest BCUT2D eigenvalue weighted by Gasteiger charge is 2.10. The van der Waals surface area contributed by atoms with Gasteiger partial charge in [-0.3, -0.25) is 9.78 Å². The first-order valence-corrected chi connectivity index (χ1v) is 9.52. The molecule has 0 atom stereocenters. The van der Waals surface area contributed by atoms with Crippen molar-refractivity contribution >= 4 is 23.2 Å². The highest BCUT2D eigenvalue weighted by molar-refractivity contribution is 6.04. The van der Waals surface area contributed by atoms with Crippen LogP contribution in [0.1, 0.15) is 21.6 Å². The number of hydrogen-bond donors (Lipinski definition) is 2. The van der Waals surface area contributed by atoms with Crippen LogP contribution in [0.4, 0.5) is 17.3 Å². The molecule has 0 fully saturated rings. The Morgan fingerprint density at radius 2 is 1.72 bits per heavy atom. The second-order valence-corrected chi connectivity index (χ2v) is 6.68. The number of carbonyl (C=O) groups excluding carboxylic acids is 1. The number of hydrogen-bond acceptors (Lipinski definition) is 7. The van der Waals surface area contributed by atoms with Crippen LogP contribution in [0.25, 0.3) is 11.1 Å². The van der Waals surface area contributed by atoms with E-state index >= 15 is 0 Å². The van der Waals surface area contributed by atoms with Crippen LogP contribution < -0.4 is 10.6 Å². The Balaban J connectivity index is 1.50. The Hall–Kier alpha value is -5.08. The minimum absolute atomic E-state index is 0.276. The number of anilines is 3. The number of amides is 1. The number of nitriles is 2. The van der Waals surface area contributed by atoms with Crippen LogP contribution in [0.5, 0.6) is 0 Å². The summed E-state index contributed by atoms with van der Waals surface area (Å²) in [5.74, 6) is 0.547. The van der Waals surface area contributed by atoms with Crippen molar-refractivity contribution in [2.24, 2.45) is 0 Å². The van der Waals surface area contributed by atoms with Gasteiger partial charge in [-0.15, -0.1) is 0 Å². The minimum atomic E-state index is -0.326. The Bertz CT molecular complexity index is 1370. The maximum Gasteiger partial charge on any atom is 0.255 e. The molecule has 1 aromatic carbocycles. The first-order chi connectivity index (χ1) is 15.6. The fraction of sp³-hybridized carbons (Fsp3) is 0. The topological polar surface area (TPSA) is 127 Å². The van der Waals surface area contributed by atoms with Gasteiger partial charge >= 0.3 is 0 Å². The zero-order valence-electron chi connectivity index (χ0n) is 16.6. The molecular formula is C24H15N7O. The van der Waals surface area contributed by atoms with E-state index in [1.807, 2.05) is 24.3 Å². The van der Waals surface area contributed by atoms with Crippen molar-refractivity contribution in [1.29, 1.82) is 10.5 Å². The third kappa shape index (κ3) is 4.73. The number of rotatable bonds is 5. The monoisotopic (exact) mass is 417 g/mol. The van der Waals surface area contributed by atoms with Crippen molar-refractivity contribution < 1.29 is 4.79 Å². The number of benzene rings is 1. The molecule has 0 aliphatic heterocycles. The van der Waals surface area contributed by atoms with E-state index in [1.54, 1.807) is 54.9 Å². The van der Waals surface area contributed by atoms with Crippen molar-refractivity contribution in [1.82, 2.24) is 15.0 Å². The maximum absolute atomic E-state index is 12.8. The van der Waals surface area contributed by atoms with Crippen molar-refractivity contribution in [3.05, 3.63) is 96.1 Å². The van der Waals surface area contributed by atoms with Gasteiger partial charge in [-0.2, -0.15) is 10.5 Å². The summed E-state index contributed by atoms with van der Waals surface area (Å²) in [4.78, 5) is 25.3. The molecule has 0 aliphatic carbocycles. The summed E-state index contributed by atoms with van der Waals surface area (Å²) in [5.41, 5.74) is 3.47. The highest BCUT2D eigenvalue weighted by Crippen LogP contribution is 2.22. The van der Waals surface area contributed by atoms with Crippen molar-refractivity contribution in [2.45, 2.75) is 0 Å². The number of aromatic nitrogens is 3. The fourth-order valence-corrected chi connectivity index (χ4v) is 2.94. The molecule has 4 rings (SSSR count). The summed E-state index contributed by atoms with van der Waals surface area (Å²) in [5, 5.41) is 23.7. The summed E-state index contributed by atoms with van der Waals surface area (Å²) in [7, 11) is 0. The second-order valence-electron chi connectivity index (χ2n) is 6.68. The summed E-state index contributed by atoms with van der Waals surface area (Å²) in [6.07, 6.45) is 4.76. The van der Waals surface area contributed by atoms with Crippen LogP contribution in [-0.2, 0) is 0 Å². The zero-order chi connectivity index (χ0) is 22.3. The predicted molar refractivity (Wildman–Crippen MR) is 119 cm³/mol. The van der Waals surface area contributed by atoms with E-state index < -0.39 is 0 Å². The van der Waals surface area contributed by atoms with Gasteiger partial charge in [0.15, 0.2) is 0 Å². The number of nitrogens with one attached hydrogen (secondary N) is 2. The largest absolute Gasteiger partial charge is 0.325 e. The first kappa shape index (κ1) is 20.2. The standard InChI is InChI=1S/C24H15N7O/c25-12-16-4-6-17(7-5-16)19-10-21(15-27-14-19)30-24(32)18-8-9-28-23(11-18)31-22-3-1-2-20(13-26)29-22/h1-11,14-15H,(H,30,32)(H,28,29,31). The van der Waals surface area contributed by atoms with Crippen LogP contribution >= 0.6 is 0 Å². The maximum atomic E-state index is 12.8. The van der Waals surface area contributed by atoms with Gasteiger partial charge in [-0.1, -0.05) is 18.2 Å². The van der Waals surface area contributed by atoms with Crippen LogP contribution in [0, 0.1) is 22.7 Å². The third-order valence-electron chi connectivity index (χ3n) is 4.49.